The average molecular weight is 156 g/mol. The third-order valence-electron chi connectivity index (χ3n) is 1.30. The zero-order chi connectivity index (χ0) is 8.43. The standard InChI is InChI=1S/C5H8N4O2/c1-9-4(10)2-3(8-6)7-5(9)11/h2,8H,6H2,1H3,(H,7,11). The molecule has 0 spiro atoms. The van der Waals surface area contributed by atoms with Gasteiger partial charge in [-0.15, -0.1) is 0 Å². The van der Waals surface area contributed by atoms with E-state index in [0.29, 0.717) is 0 Å². The van der Waals surface area contributed by atoms with Gasteiger partial charge in [-0.05, 0) is 0 Å². The normalized spacial score (nSPS) is 9.64. The number of nitrogen functional groups attached to an aromatic ring is 1. The molecule has 0 amide bonds. The van der Waals surface area contributed by atoms with Crippen LogP contribution < -0.4 is 22.5 Å². The van der Waals surface area contributed by atoms with Gasteiger partial charge in [0.05, 0.1) is 0 Å². The second kappa shape index (κ2) is 2.59. The van der Waals surface area contributed by atoms with Crippen molar-refractivity contribution < 1.29 is 0 Å². The van der Waals surface area contributed by atoms with E-state index in [9.17, 15) is 9.59 Å². The first-order valence-electron chi connectivity index (χ1n) is 2.92. The number of aromatic nitrogens is 2. The SMILES string of the molecule is Cn1c(=O)cc(NN)[nH]c1=O. The average Bonchev–Trinajstić information content (AvgIpc) is 1.99. The summed E-state index contributed by atoms with van der Waals surface area (Å²) in [6.45, 7) is 0. The molecule has 0 saturated heterocycles. The molecule has 1 aromatic rings. The van der Waals surface area contributed by atoms with Crippen LogP contribution in [0.25, 0.3) is 0 Å². The Bertz CT molecular complexity index is 332. The largest absolute Gasteiger partial charge is 0.329 e. The van der Waals surface area contributed by atoms with E-state index < -0.39 is 11.2 Å². The van der Waals surface area contributed by atoms with Crippen molar-refractivity contribution in [3.05, 3.63) is 26.9 Å². The molecule has 1 heterocycles. The van der Waals surface area contributed by atoms with E-state index in [1.165, 1.54) is 13.1 Å². The molecule has 0 unspecified atom stereocenters. The van der Waals surface area contributed by atoms with Gasteiger partial charge in [-0.1, -0.05) is 0 Å². The van der Waals surface area contributed by atoms with Crippen LogP contribution in [0.4, 0.5) is 5.82 Å². The Morgan fingerprint density at radius 2 is 2.27 bits per heavy atom. The minimum Gasteiger partial charge on any atom is -0.310 e. The van der Waals surface area contributed by atoms with Crippen molar-refractivity contribution in [2.75, 3.05) is 5.43 Å². The van der Waals surface area contributed by atoms with Crippen LogP contribution in [-0.2, 0) is 7.05 Å². The van der Waals surface area contributed by atoms with Crippen LogP contribution in [0, 0.1) is 0 Å². The summed E-state index contributed by atoms with van der Waals surface area (Å²) in [6, 6.07) is 1.20. The van der Waals surface area contributed by atoms with Gasteiger partial charge in [-0.2, -0.15) is 0 Å². The number of H-pyrrole nitrogens is 1. The number of aromatic amines is 1. The van der Waals surface area contributed by atoms with E-state index in [1.807, 2.05) is 0 Å². The van der Waals surface area contributed by atoms with Crippen LogP contribution in [0.2, 0.25) is 0 Å². The number of nitrogens with zero attached hydrogens (tertiary/aromatic N) is 1. The summed E-state index contributed by atoms with van der Waals surface area (Å²) in [4.78, 5) is 24.0. The van der Waals surface area contributed by atoms with Crippen molar-refractivity contribution in [2.45, 2.75) is 0 Å². The van der Waals surface area contributed by atoms with Gasteiger partial charge in [0.15, 0.2) is 0 Å². The molecule has 0 bridgehead atoms. The summed E-state index contributed by atoms with van der Waals surface area (Å²) in [6.07, 6.45) is 0. The predicted molar refractivity (Wildman–Crippen MR) is 40.1 cm³/mol. The highest BCUT2D eigenvalue weighted by Crippen LogP contribution is 1.86. The summed E-state index contributed by atoms with van der Waals surface area (Å²) in [7, 11) is 1.38. The van der Waals surface area contributed by atoms with Gasteiger partial charge in [0.25, 0.3) is 5.56 Å². The number of hydrogen-bond acceptors (Lipinski definition) is 4. The zero-order valence-electron chi connectivity index (χ0n) is 5.92. The van der Waals surface area contributed by atoms with E-state index in [-0.39, 0.29) is 5.82 Å². The fourth-order valence-corrected chi connectivity index (χ4v) is 0.633. The lowest BCUT2D eigenvalue weighted by Gasteiger charge is -1.99. The van der Waals surface area contributed by atoms with Crippen molar-refractivity contribution in [2.24, 2.45) is 12.9 Å². The van der Waals surface area contributed by atoms with Gasteiger partial charge >= 0.3 is 5.69 Å². The molecule has 0 radical (unpaired) electrons. The molecule has 0 aliphatic rings. The van der Waals surface area contributed by atoms with Crippen molar-refractivity contribution >= 4 is 5.82 Å². The van der Waals surface area contributed by atoms with Crippen LogP contribution in [0.3, 0.4) is 0 Å². The number of hydrogen-bond donors (Lipinski definition) is 3. The van der Waals surface area contributed by atoms with E-state index in [1.54, 1.807) is 0 Å². The smallest absolute Gasteiger partial charge is 0.310 e. The van der Waals surface area contributed by atoms with Gasteiger partial charge in [-0.25, -0.2) is 10.6 Å². The Morgan fingerprint density at radius 3 is 2.73 bits per heavy atom. The minimum absolute atomic E-state index is 0.207. The van der Waals surface area contributed by atoms with E-state index in [0.717, 1.165) is 4.57 Å². The molecule has 0 aliphatic heterocycles. The Balaban J connectivity index is 3.45. The number of rotatable bonds is 1. The maximum atomic E-state index is 10.9. The molecule has 1 aromatic heterocycles. The summed E-state index contributed by atoms with van der Waals surface area (Å²) in [5, 5.41) is 0. The molecule has 0 atom stereocenters. The van der Waals surface area contributed by atoms with Crippen molar-refractivity contribution in [1.82, 2.24) is 9.55 Å². The lowest BCUT2D eigenvalue weighted by Crippen LogP contribution is -2.33. The zero-order valence-corrected chi connectivity index (χ0v) is 5.92. The highest BCUT2D eigenvalue weighted by atomic mass is 16.2. The molecule has 0 fully saturated rings. The van der Waals surface area contributed by atoms with E-state index in [2.05, 4.69) is 10.4 Å². The lowest BCUT2D eigenvalue weighted by molar-refractivity contribution is 0.777. The Kier molecular flexibility index (Phi) is 1.77. The molecular formula is C5H8N4O2. The number of nitrogens with two attached hydrogens (primary N) is 1. The molecule has 6 heteroatoms. The molecular weight excluding hydrogens is 148 g/mol. The highest BCUT2D eigenvalue weighted by Gasteiger charge is 1.96. The molecule has 6 nitrogen and oxygen atoms in total. The summed E-state index contributed by atoms with van der Waals surface area (Å²) in [5.41, 5.74) is 1.27. The van der Waals surface area contributed by atoms with Crippen LogP contribution in [0.5, 0.6) is 0 Å². The van der Waals surface area contributed by atoms with Crippen LogP contribution in [-0.4, -0.2) is 9.55 Å². The van der Waals surface area contributed by atoms with Gasteiger partial charge in [0, 0.05) is 13.1 Å². The first-order valence-corrected chi connectivity index (χ1v) is 2.92. The molecule has 1 rings (SSSR count). The third kappa shape index (κ3) is 1.30. The van der Waals surface area contributed by atoms with Crippen LogP contribution in [0.1, 0.15) is 0 Å². The van der Waals surface area contributed by atoms with Gasteiger partial charge in [-0.3, -0.25) is 14.3 Å². The van der Waals surface area contributed by atoms with Crippen LogP contribution >= 0.6 is 0 Å². The Hall–Kier alpha value is -1.56. The monoisotopic (exact) mass is 156 g/mol. The second-order valence-electron chi connectivity index (χ2n) is 2.03. The van der Waals surface area contributed by atoms with E-state index in [4.69, 9.17) is 5.84 Å². The summed E-state index contributed by atoms with van der Waals surface area (Å²) < 4.78 is 0.945. The number of hydrazine groups is 1. The molecule has 60 valence electrons. The minimum atomic E-state index is -0.495. The van der Waals surface area contributed by atoms with Crippen molar-refractivity contribution in [3.63, 3.8) is 0 Å². The fraction of sp³-hybridized carbons (Fsp3) is 0.200. The number of anilines is 1. The maximum Gasteiger partial charge on any atom is 0.329 e. The summed E-state index contributed by atoms with van der Waals surface area (Å²) in [5.74, 6) is 5.18. The Morgan fingerprint density at radius 1 is 1.64 bits per heavy atom. The first-order chi connectivity index (χ1) is 5.15. The third-order valence-corrected chi connectivity index (χ3v) is 1.30. The molecule has 0 aromatic carbocycles. The Labute approximate surface area is 61.6 Å². The maximum absolute atomic E-state index is 10.9. The topological polar surface area (TPSA) is 92.9 Å². The second-order valence-corrected chi connectivity index (χ2v) is 2.03. The summed E-state index contributed by atoms with van der Waals surface area (Å²) >= 11 is 0. The van der Waals surface area contributed by atoms with Gasteiger partial charge < -0.3 is 5.43 Å². The predicted octanol–water partition coefficient (Wildman–Crippen LogP) is -1.64. The van der Waals surface area contributed by atoms with Crippen LogP contribution in [0.15, 0.2) is 15.7 Å². The quantitative estimate of drug-likeness (QED) is 0.336. The molecule has 11 heavy (non-hydrogen) atoms. The fourth-order valence-electron chi connectivity index (χ4n) is 0.633. The van der Waals surface area contributed by atoms with Gasteiger partial charge in [0.2, 0.25) is 0 Å². The highest BCUT2D eigenvalue weighted by molar-refractivity contribution is 5.29. The van der Waals surface area contributed by atoms with E-state index >= 15 is 0 Å². The first kappa shape index (κ1) is 7.55. The number of nitrogens with one attached hydrogen (secondary N) is 2. The van der Waals surface area contributed by atoms with Crippen molar-refractivity contribution in [1.29, 1.82) is 0 Å². The lowest BCUT2D eigenvalue weighted by atomic mass is 10.6. The van der Waals surface area contributed by atoms with Gasteiger partial charge in [0.1, 0.15) is 5.82 Å². The molecule has 0 aliphatic carbocycles. The van der Waals surface area contributed by atoms with Crippen molar-refractivity contribution in [3.8, 4) is 0 Å². The molecule has 4 N–H and O–H groups in total. The molecule has 0 saturated carbocycles.